The summed E-state index contributed by atoms with van der Waals surface area (Å²) in [5.41, 5.74) is 0.524. The third-order valence-electron chi connectivity index (χ3n) is 6.22. The number of nitrogens with zero attached hydrogens (tertiary/aromatic N) is 3. The summed E-state index contributed by atoms with van der Waals surface area (Å²) >= 11 is 0. The monoisotopic (exact) mass is 344 g/mol. The Morgan fingerprint density at radius 1 is 1.04 bits per heavy atom. The standard InChI is InChI=1S/C18H36N4.ClH/c1-16(2)21-10-12-22(13-11-21)17-4-8-20(9-5-17)15-18(3)6-7-19-14-18;/h16-17,19H,4-15H2,1-3H3;1H. The minimum Gasteiger partial charge on any atom is -0.316 e. The lowest BCUT2D eigenvalue weighted by Gasteiger charge is -2.44. The molecule has 3 rings (SSSR count). The largest absolute Gasteiger partial charge is 0.316 e. The molecule has 3 saturated heterocycles. The summed E-state index contributed by atoms with van der Waals surface area (Å²) in [6, 6.07) is 1.56. The summed E-state index contributed by atoms with van der Waals surface area (Å²) in [5, 5.41) is 3.54. The van der Waals surface area contributed by atoms with E-state index in [1.54, 1.807) is 0 Å². The van der Waals surface area contributed by atoms with Crippen molar-refractivity contribution in [2.75, 3.05) is 58.9 Å². The number of piperazine rings is 1. The Hall–Kier alpha value is 0.130. The fraction of sp³-hybridized carbons (Fsp3) is 1.00. The predicted octanol–water partition coefficient (Wildman–Crippen LogP) is 1.90. The molecule has 0 amide bonds. The van der Waals surface area contributed by atoms with Crippen molar-refractivity contribution in [2.24, 2.45) is 5.41 Å². The quantitative estimate of drug-likeness (QED) is 0.840. The zero-order valence-electron chi connectivity index (χ0n) is 15.4. The second-order valence-electron chi connectivity index (χ2n) is 8.41. The second-order valence-corrected chi connectivity index (χ2v) is 8.41. The number of rotatable bonds is 4. The molecule has 3 heterocycles. The van der Waals surface area contributed by atoms with Crippen LogP contribution in [0.3, 0.4) is 0 Å². The first-order valence-electron chi connectivity index (χ1n) is 9.47. The highest BCUT2D eigenvalue weighted by Gasteiger charge is 2.33. The van der Waals surface area contributed by atoms with E-state index in [9.17, 15) is 0 Å². The topological polar surface area (TPSA) is 21.8 Å². The smallest absolute Gasteiger partial charge is 0.0121 e. The Morgan fingerprint density at radius 3 is 2.22 bits per heavy atom. The fourth-order valence-corrected chi connectivity index (χ4v) is 4.61. The Balaban J connectivity index is 0.00000192. The summed E-state index contributed by atoms with van der Waals surface area (Å²) in [6.45, 7) is 18.6. The van der Waals surface area contributed by atoms with Gasteiger partial charge in [-0.05, 0) is 58.2 Å². The Labute approximate surface area is 149 Å². The van der Waals surface area contributed by atoms with Gasteiger partial charge in [0.05, 0.1) is 0 Å². The molecular formula is C18H37ClN4. The Bertz CT molecular complexity index is 341. The van der Waals surface area contributed by atoms with Gasteiger partial charge in [-0.15, -0.1) is 12.4 Å². The van der Waals surface area contributed by atoms with E-state index in [0.717, 1.165) is 6.04 Å². The molecule has 5 heteroatoms. The number of halogens is 1. The van der Waals surface area contributed by atoms with E-state index in [1.807, 2.05) is 0 Å². The van der Waals surface area contributed by atoms with Crippen molar-refractivity contribution in [1.29, 1.82) is 0 Å². The molecule has 136 valence electrons. The average molecular weight is 345 g/mol. The van der Waals surface area contributed by atoms with Crippen LogP contribution in [0.15, 0.2) is 0 Å². The van der Waals surface area contributed by atoms with Crippen LogP contribution in [-0.4, -0.2) is 85.7 Å². The molecule has 0 aromatic heterocycles. The maximum Gasteiger partial charge on any atom is 0.0121 e. The van der Waals surface area contributed by atoms with Gasteiger partial charge in [0, 0.05) is 51.4 Å². The van der Waals surface area contributed by atoms with E-state index in [-0.39, 0.29) is 12.4 Å². The van der Waals surface area contributed by atoms with Gasteiger partial charge >= 0.3 is 0 Å². The highest BCUT2D eigenvalue weighted by Crippen LogP contribution is 2.28. The summed E-state index contributed by atoms with van der Waals surface area (Å²) in [7, 11) is 0. The number of nitrogens with one attached hydrogen (secondary N) is 1. The molecule has 1 atom stereocenters. The van der Waals surface area contributed by atoms with Crippen LogP contribution in [-0.2, 0) is 0 Å². The molecule has 3 fully saturated rings. The zero-order chi connectivity index (χ0) is 15.6. The van der Waals surface area contributed by atoms with Crippen LogP contribution in [0.25, 0.3) is 0 Å². The van der Waals surface area contributed by atoms with E-state index < -0.39 is 0 Å². The van der Waals surface area contributed by atoms with Gasteiger partial charge in [-0.25, -0.2) is 0 Å². The van der Waals surface area contributed by atoms with Crippen LogP contribution in [0.2, 0.25) is 0 Å². The lowest BCUT2D eigenvalue weighted by molar-refractivity contribution is 0.0409. The molecule has 0 spiro atoms. The van der Waals surface area contributed by atoms with E-state index in [4.69, 9.17) is 0 Å². The fourth-order valence-electron chi connectivity index (χ4n) is 4.61. The highest BCUT2D eigenvalue weighted by atomic mass is 35.5. The molecule has 1 unspecified atom stereocenters. The lowest BCUT2D eigenvalue weighted by Crippen LogP contribution is -2.55. The van der Waals surface area contributed by atoms with E-state index in [1.165, 1.54) is 78.2 Å². The third-order valence-corrected chi connectivity index (χ3v) is 6.22. The van der Waals surface area contributed by atoms with Crippen LogP contribution in [0, 0.1) is 5.41 Å². The average Bonchev–Trinajstić information content (AvgIpc) is 2.94. The summed E-state index contributed by atoms with van der Waals surface area (Å²) < 4.78 is 0. The third kappa shape index (κ3) is 5.05. The van der Waals surface area contributed by atoms with Crippen molar-refractivity contribution >= 4 is 12.4 Å². The molecule has 0 radical (unpaired) electrons. The molecule has 0 aromatic rings. The van der Waals surface area contributed by atoms with Crippen molar-refractivity contribution in [3.63, 3.8) is 0 Å². The summed E-state index contributed by atoms with van der Waals surface area (Å²) in [6.07, 6.45) is 4.11. The van der Waals surface area contributed by atoms with Gasteiger partial charge in [-0.3, -0.25) is 9.80 Å². The van der Waals surface area contributed by atoms with Gasteiger partial charge in [0.1, 0.15) is 0 Å². The van der Waals surface area contributed by atoms with Crippen molar-refractivity contribution < 1.29 is 0 Å². The SMILES string of the molecule is CC(C)N1CCN(C2CCN(CC3(C)CCNC3)CC2)CC1.Cl. The van der Waals surface area contributed by atoms with Crippen LogP contribution in [0.5, 0.6) is 0 Å². The Kier molecular flexibility index (Phi) is 7.17. The molecule has 0 saturated carbocycles. The van der Waals surface area contributed by atoms with E-state index in [0.29, 0.717) is 11.5 Å². The zero-order valence-corrected chi connectivity index (χ0v) is 16.2. The molecule has 0 aromatic carbocycles. The van der Waals surface area contributed by atoms with Gasteiger partial charge in [-0.1, -0.05) is 6.92 Å². The van der Waals surface area contributed by atoms with Crippen LogP contribution < -0.4 is 5.32 Å². The second kappa shape index (κ2) is 8.48. The molecular weight excluding hydrogens is 308 g/mol. The van der Waals surface area contributed by atoms with E-state index in [2.05, 4.69) is 40.8 Å². The van der Waals surface area contributed by atoms with Gasteiger partial charge in [-0.2, -0.15) is 0 Å². The highest BCUT2D eigenvalue weighted by molar-refractivity contribution is 5.85. The summed E-state index contributed by atoms with van der Waals surface area (Å²) in [4.78, 5) is 8.13. The lowest BCUT2D eigenvalue weighted by atomic mass is 9.88. The Morgan fingerprint density at radius 2 is 1.70 bits per heavy atom. The number of hydrogen-bond donors (Lipinski definition) is 1. The normalized spacial score (nSPS) is 32.3. The van der Waals surface area contributed by atoms with Crippen molar-refractivity contribution in [1.82, 2.24) is 20.0 Å². The number of hydrogen-bond acceptors (Lipinski definition) is 4. The van der Waals surface area contributed by atoms with Gasteiger partial charge in [0.25, 0.3) is 0 Å². The van der Waals surface area contributed by atoms with Gasteiger partial charge in [0.2, 0.25) is 0 Å². The maximum atomic E-state index is 3.54. The number of likely N-dealkylation sites (tertiary alicyclic amines) is 1. The van der Waals surface area contributed by atoms with E-state index >= 15 is 0 Å². The van der Waals surface area contributed by atoms with Gasteiger partial charge < -0.3 is 10.2 Å². The summed E-state index contributed by atoms with van der Waals surface area (Å²) in [5.74, 6) is 0. The van der Waals surface area contributed by atoms with Crippen LogP contribution in [0.4, 0.5) is 0 Å². The first-order chi connectivity index (χ1) is 10.6. The minimum atomic E-state index is 0. The molecule has 0 aliphatic carbocycles. The molecule has 0 bridgehead atoms. The van der Waals surface area contributed by atoms with Crippen LogP contribution >= 0.6 is 12.4 Å². The predicted molar refractivity (Wildman–Crippen MR) is 101 cm³/mol. The van der Waals surface area contributed by atoms with Gasteiger partial charge in [0.15, 0.2) is 0 Å². The molecule has 3 aliphatic heterocycles. The molecule has 23 heavy (non-hydrogen) atoms. The molecule has 4 nitrogen and oxygen atoms in total. The molecule has 3 aliphatic rings. The first kappa shape index (κ1) is 19.5. The number of piperidine rings is 1. The minimum absolute atomic E-state index is 0. The van der Waals surface area contributed by atoms with Crippen molar-refractivity contribution in [3.8, 4) is 0 Å². The molecule has 1 N–H and O–H groups in total. The van der Waals surface area contributed by atoms with Crippen molar-refractivity contribution in [3.05, 3.63) is 0 Å². The first-order valence-corrected chi connectivity index (χ1v) is 9.47. The van der Waals surface area contributed by atoms with Crippen molar-refractivity contribution in [2.45, 2.75) is 52.1 Å². The maximum absolute atomic E-state index is 3.54. The van der Waals surface area contributed by atoms with Crippen LogP contribution in [0.1, 0.15) is 40.0 Å².